The van der Waals surface area contributed by atoms with Gasteiger partial charge in [0.2, 0.25) is 5.91 Å². The second-order valence-corrected chi connectivity index (χ2v) is 3.59. The summed E-state index contributed by atoms with van der Waals surface area (Å²) in [7, 11) is 0. The van der Waals surface area contributed by atoms with E-state index in [9.17, 15) is 4.79 Å². The van der Waals surface area contributed by atoms with Gasteiger partial charge in [-0.25, -0.2) is 0 Å². The summed E-state index contributed by atoms with van der Waals surface area (Å²) in [5.41, 5.74) is 6.97. The summed E-state index contributed by atoms with van der Waals surface area (Å²) in [5, 5.41) is 6.87. The van der Waals surface area contributed by atoms with Gasteiger partial charge < -0.3 is 11.1 Å². The quantitative estimate of drug-likeness (QED) is 0.730. The highest BCUT2D eigenvalue weighted by Gasteiger charge is 2.06. The highest BCUT2D eigenvalue weighted by Crippen LogP contribution is 2.05. The highest BCUT2D eigenvalue weighted by atomic mass is 16.2. The highest BCUT2D eigenvalue weighted by molar-refractivity contribution is 5.75. The predicted molar refractivity (Wildman–Crippen MR) is 54.7 cm³/mol. The number of hydrogen-bond acceptors (Lipinski definition) is 3. The van der Waals surface area contributed by atoms with Gasteiger partial charge in [0.05, 0.1) is 11.4 Å². The summed E-state index contributed by atoms with van der Waals surface area (Å²) in [6.07, 6.45) is 1.66. The van der Waals surface area contributed by atoms with Crippen molar-refractivity contribution < 1.29 is 4.79 Å². The Labute approximate surface area is 83.3 Å². The number of nitrogens with zero attached hydrogens (tertiary/aromatic N) is 2. The van der Waals surface area contributed by atoms with E-state index in [1.165, 1.54) is 0 Å². The molecule has 0 spiro atoms. The summed E-state index contributed by atoms with van der Waals surface area (Å²) in [6, 6.07) is 0.150. The number of carbonyl (C=O) groups is 1. The van der Waals surface area contributed by atoms with Crippen LogP contribution in [0.25, 0.3) is 0 Å². The van der Waals surface area contributed by atoms with Gasteiger partial charge in [-0.15, -0.1) is 0 Å². The van der Waals surface area contributed by atoms with Crippen LogP contribution in [0.15, 0.2) is 6.20 Å². The summed E-state index contributed by atoms with van der Waals surface area (Å²) in [4.78, 5) is 11.3. The molecule has 1 rings (SSSR count). The first kappa shape index (κ1) is 10.6. The standard InChI is InChI=1S/C9H16N4O/c1-6(2)11-9(14)5-13-4-8(10)7(3)12-13/h4,6H,5,10H2,1-3H3,(H,11,14). The molecule has 0 radical (unpaired) electrons. The van der Waals surface area contributed by atoms with Crippen LogP contribution in [-0.2, 0) is 11.3 Å². The van der Waals surface area contributed by atoms with Crippen molar-refractivity contribution in [3.63, 3.8) is 0 Å². The molecule has 3 N–H and O–H groups in total. The van der Waals surface area contributed by atoms with E-state index in [0.29, 0.717) is 5.69 Å². The number of aryl methyl sites for hydroxylation is 1. The Bertz CT molecular complexity index is 310. The lowest BCUT2D eigenvalue weighted by atomic mass is 10.4. The smallest absolute Gasteiger partial charge is 0.241 e. The van der Waals surface area contributed by atoms with E-state index in [1.807, 2.05) is 20.8 Å². The average Bonchev–Trinajstić information content (AvgIpc) is 2.28. The van der Waals surface area contributed by atoms with Gasteiger partial charge in [-0.3, -0.25) is 9.48 Å². The Morgan fingerprint density at radius 3 is 2.79 bits per heavy atom. The van der Waals surface area contributed by atoms with Gasteiger partial charge >= 0.3 is 0 Å². The molecular formula is C9H16N4O. The summed E-state index contributed by atoms with van der Waals surface area (Å²) in [5.74, 6) is -0.0532. The minimum Gasteiger partial charge on any atom is -0.396 e. The summed E-state index contributed by atoms with van der Waals surface area (Å²) < 4.78 is 1.54. The third-order valence-electron chi connectivity index (χ3n) is 1.74. The molecule has 0 bridgehead atoms. The van der Waals surface area contributed by atoms with Crippen molar-refractivity contribution in [1.29, 1.82) is 0 Å². The fourth-order valence-electron chi connectivity index (χ4n) is 1.13. The molecule has 0 atom stereocenters. The van der Waals surface area contributed by atoms with Crippen LogP contribution in [0, 0.1) is 6.92 Å². The summed E-state index contributed by atoms with van der Waals surface area (Å²) >= 11 is 0. The number of nitrogens with one attached hydrogen (secondary N) is 1. The van der Waals surface area contributed by atoms with Gasteiger partial charge in [-0.2, -0.15) is 5.10 Å². The fourth-order valence-corrected chi connectivity index (χ4v) is 1.13. The topological polar surface area (TPSA) is 72.9 Å². The number of nitrogens with two attached hydrogens (primary N) is 1. The maximum absolute atomic E-state index is 11.3. The lowest BCUT2D eigenvalue weighted by Gasteiger charge is -2.07. The number of rotatable bonds is 3. The van der Waals surface area contributed by atoms with E-state index >= 15 is 0 Å². The third kappa shape index (κ3) is 2.76. The number of hydrogen-bond donors (Lipinski definition) is 2. The van der Waals surface area contributed by atoms with Crippen molar-refractivity contribution in [3.8, 4) is 0 Å². The minimum absolute atomic E-state index is 0.0532. The van der Waals surface area contributed by atoms with Crippen LogP contribution in [0.5, 0.6) is 0 Å². The molecule has 0 aliphatic heterocycles. The second kappa shape index (κ2) is 4.13. The van der Waals surface area contributed by atoms with Crippen molar-refractivity contribution in [1.82, 2.24) is 15.1 Å². The average molecular weight is 196 g/mol. The first-order valence-electron chi connectivity index (χ1n) is 4.58. The van der Waals surface area contributed by atoms with Crippen LogP contribution < -0.4 is 11.1 Å². The molecule has 0 saturated carbocycles. The first-order valence-corrected chi connectivity index (χ1v) is 4.58. The molecule has 0 saturated heterocycles. The van der Waals surface area contributed by atoms with Gasteiger partial charge in [0.1, 0.15) is 6.54 Å². The third-order valence-corrected chi connectivity index (χ3v) is 1.74. The Kier molecular flexibility index (Phi) is 3.11. The minimum atomic E-state index is -0.0532. The lowest BCUT2D eigenvalue weighted by Crippen LogP contribution is -2.33. The van der Waals surface area contributed by atoms with Crippen LogP contribution in [0.2, 0.25) is 0 Å². The Hall–Kier alpha value is -1.52. The number of amides is 1. The van der Waals surface area contributed by atoms with E-state index in [2.05, 4.69) is 10.4 Å². The van der Waals surface area contributed by atoms with Crippen LogP contribution >= 0.6 is 0 Å². The van der Waals surface area contributed by atoms with Crippen LogP contribution in [0.4, 0.5) is 5.69 Å². The maximum Gasteiger partial charge on any atom is 0.241 e. The van der Waals surface area contributed by atoms with Crippen molar-refractivity contribution in [2.24, 2.45) is 0 Å². The molecule has 1 aromatic heterocycles. The molecule has 0 unspecified atom stereocenters. The van der Waals surface area contributed by atoms with Gasteiger partial charge in [-0.1, -0.05) is 0 Å². The molecule has 1 heterocycles. The largest absolute Gasteiger partial charge is 0.396 e. The van der Waals surface area contributed by atoms with Crippen LogP contribution in [0.1, 0.15) is 19.5 Å². The van der Waals surface area contributed by atoms with Gasteiger partial charge in [0.15, 0.2) is 0 Å². The monoisotopic (exact) mass is 196 g/mol. The first-order chi connectivity index (χ1) is 6.49. The zero-order valence-corrected chi connectivity index (χ0v) is 8.74. The zero-order chi connectivity index (χ0) is 10.7. The predicted octanol–water partition coefficient (Wildman–Crippen LogP) is 0.298. The normalized spacial score (nSPS) is 10.6. The van der Waals surface area contributed by atoms with E-state index < -0.39 is 0 Å². The molecule has 78 valence electrons. The maximum atomic E-state index is 11.3. The molecule has 5 nitrogen and oxygen atoms in total. The Morgan fingerprint density at radius 2 is 2.36 bits per heavy atom. The number of nitrogen functional groups attached to an aromatic ring is 1. The Balaban J connectivity index is 2.56. The Morgan fingerprint density at radius 1 is 1.71 bits per heavy atom. The molecule has 0 aliphatic carbocycles. The molecule has 0 fully saturated rings. The fraction of sp³-hybridized carbons (Fsp3) is 0.556. The second-order valence-electron chi connectivity index (χ2n) is 3.59. The van der Waals surface area contributed by atoms with Crippen molar-refractivity contribution in [3.05, 3.63) is 11.9 Å². The van der Waals surface area contributed by atoms with Crippen LogP contribution in [-0.4, -0.2) is 21.7 Å². The molecule has 14 heavy (non-hydrogen) atoms. The molecule has 0 aromatic carbocycles. The van der Waals surface area contributed by atoms with Gasteiger partial charge in [0.25, 0.3) is 0 Å². The number of carbonyl (C=O) groups excluding carboxylic acids is 1. The van der Waals surface area contributed by atoms with E-state index in [0.717, 1.165) is 5.69 Å². The molecular weight excluding hydrogens is 180 g/mol. The van der Waals surface area contributed by atoms with Crippen molar-refractivity contribution in [2.75, 3.05) is 5.73 Å². The van der Waals surface area contributed by atoms with E-state index in [1.54, 1.807) is 10.9 Å². The van der Waals surface area contributed by atoms with Crippen LogP contribution in [0.3, 0.4) is 0 Å². The molecule has 5 heteroatoms. The molecule has 1 aromatic rings. The van der Waals surface area contributed by atoms with Crippen molar-refractivity contribution >= 4 is 11.6 Å². The number of anilines is 1. The molecule has 1 amide bonds. The lowest BCUT2D eigenvalue weighted by molar-refractivity contribution is -0.122. The van der Waals surface area contributed by atoms with Gasteiger partial charge in [0, 0.05) is 12.2 Å². The van der Waals surface area contributed by atoms with Crippen molar-refractivity contribution in [2.45, 2.75) is 33.4 Å². The molecule has 0 aliphatic rings. The van der Waals surface area contributed by atoms with E-state index in [4.69, 9.17) is 5.73 Å². The summed E-state index contributed by atoms with van der Waals surface area (Å²) in [6.45, 7) is 5.86. The van der Waals surface area contributed by atoms with E-state index in [-0.39, 0.29) is 18.5 Å². The zero-order valence-electron chi connectivity index (χ0n) is 8.74. The SMILES string of the molecule is Cc1nn(CC(=O)NC(C)C)cc1N. The number of aromatic nitrogens is 2. The van der Waals surface area contributed by atoms with Gasteiger partial charge in [-0.05, 0) is 20.8 Å².